The van der Waals surface area contributed by atoms with Gasteiger partial charge >= 0.3 is 11.9 Å². The molecule has 408 valence electrons. The molecule has 0 saturated heterocycles. The number of hydrogen-bond donors (Lipinski definition) is 8. The maximum atomic E-state index is 12.5. The first-order valence-electron chi connectivity index (χ1n) is 25.6. The Kier molecular flexibility index (Phi) is 43.9. The molecule has 0 aromatic carbocycles. The monoisotopic (exact) mass is 1010 g/mol. The first-order chi connectivity index (χ1) is 34.3. The number of rotatable bonds is 51. The summed E-state index contributed by atoms with van der Waals surface area (Å²) in [4.78, 5) is 119. The molecule has 0 heterocycles. The van der Waals surface area contributed by atoms with Crippen LogP contribution in [0, 0.1) is 0 Å². The standard InChI is InChI=1S/C49H86N6O16/c1-2-3-26-50-46(62)37-70-33-32-69-30-28-52-47(63)38-71-34-31-68-29-27-51-42(58)25-22-41(49(66)67)55-45(61)24-21-40(36-57)54-44(60)23-20-39(35-56)53-43(59)18-16-14-12-10-8-6-4-5-7-9-11-13-15-17-19-48(64)65/h35-36,39-41H,2-34,37-38H2,1H3,(H,50,62)(H,51,58)(H,52,63)(H,53,59)(H,54,60)(H,55,61)(H,64,65)(H,66,67)/t39-,40-,41-/m0/s1. The van der Waals surface area contributed by atoms with Gasteiger partial charge in [0.2, 0.25) is 35.4 Å². The van der Waals surface area contributed by atoms with Gasteiger partial charge < -0.3 is 70.7 Å². The van der Waals surface area contributed by atoms with Crippen LogP contribution in [-0.2, 0) is 66.9 Å². The Morgan fingerprint density at radius 2 is 0.789 bits per heavy atom. The van der Waals surface area contributed by atoms with Crippen molar-refractivity contribution in [1.82, 2.24) is 31.9 Å². The average Bonchev–Trinajstić information content (AvgIpc) is 3.34. The highest BCUT2D eigenvalue weighted by atomic mass is 16.5. The first-order valence-corrected chi connectivity index (χ1v) is 25.6. The summed E-state index contributed by atoms with van der Waals surface area (Å²) in [5.74, 6) is -4.63. The average molecular weight is 1020 g/mol. The molecule has 0 aliphatic carbocycles. The summed E-state index contributed by atoms with van der Waals surface area (Å²) in [6, 6.07) is -3.33. The van der Waals surface area contributed by atoms with Gasteiger partial charge in [-0.15, -0.1) is 0 Å². The summed E-state index contributed by atoms with van der Waals surface area (Å²) in [5, 5.41) is 33.6. The summed E-state index contributed by atoms with van der Waals surface area (Å²) in [6.07, 6.45) is 17.3. The van der Waals surface area contributed by atoms with Crippen LogP contribution in [0.5, 0.6) is 0 Å². The number of hydrogen-bond acceptors (Lipinski definition) is 14. The third-order valence-corrected chi connectivity index (χ3v) is 10.9. The Bertz CT molecular complexity index is 1510. The molecule has 0 radical (unpaired) electrons. The van der Waals surface area contributed by atoms with Gasteiger partial charge in [-0.3, -0.25) is 33.6 Å². The molecule has 6 amide bonds. The second-order valence-corrected chi connectivity index (χ2v) is 17.3. The van der Waals surface area contributed by atoms with Crippen molar-refractivity contribution in [2.45, 2.75) is 179 Å². The van der Waals surface area contributed by atoms with Gasteiger partial charge in [0.1, 0.15) is 31.8 Å². The molecule has 0 aromatic rings. The number of carboxylic acids is 2. The molecular weight excluding hydrogens is 929 g/mol. The third-order valence-electron chi connectivity index (χ3n) is 10.9. The highest BCUT2D eigenvalue weighted by Crippen LogP contribution is 2.14. The number of carboxylic acid groups (broad SMARTS) is 2. The zero-order chi connectivity index (χ0) is 52.6. The molecule has 0 rings (SSSR count). The number of carbonyl (C=O) groups is 10. The Balaban J connectivity index is 4.04. The lowest BCUT2D eigenvalue weighted by Gasteiger charge is -2.17. The zero-order valence-electron chi connectivity index (χ0n) is 42.2. The number of aliphatic carboxylic acids is 2. The number of amides is 6. The molecule has 3 atom stereocenters. The number of ether oxygens (including phenoxy) is 4. The highest BCUT2D eigenvalue weighted by molar-refractivity contribution is 5.85. The van der Waals surface area contributed by atoms with E-state index in [0.717, 1.165) is 64.2 Å². The molecule has 0 aromatic heterocycles. The van der Waals surface area contributed by atoms with Crippen molar-refractivity contribution in [3.8, 4) is 0 Å². The summed E-state index contributed by atoms with van der Waals surface area (Å²) in [6.45, 7) is 4.01. The topological polar surface area (TPSA) is 320 Å². The Morgan fingerprint density at radius 1 is 0.408 bits per heavy atom. The van der Waals surface area contributed by atoms with Crippen LogP contribution in [0.3, 0.4) is 0 Å². The van der Waals surface area contributed by atoms with E-state index in [4.69, 9.17) is 24.1 Å². The smallest absolute Gasteiger partial charge is 0.326 e. The van der Waals surface area contributed by atoms with Crippen LogP contribution in [0.15, 0.2) is 0 Å². The van der Waals surface area contributed by atoms with Gasteiger partial charge in [-0.25, -0.2) is 4.79 Å². The molecule has 0 saturated carbocycles. The molecule has 0 fully saturated rings. The highest BCUT2D eigenvalue weighted by Gasteiger charge is 2.22. The van der Waals surface area contributed by atoms with Crippen molar-refractivity contribution < 1.29 is 77.1 Å². The number of carbonyl (C=O) groups excluding carboxylic acids is 8. The van der Waals surface area contributed by atoms with Crippen molar-refractivity contribution in [2.24, 2.45) is 0 Å². The lowest BCUT2D eigenvalue weighted by Crippen LogP contribution is -2.43. The maximum absolute atomic E-state index is 12.5. The van der Waals surface area contributed by atoms with Crippen molar-refractivity contribution in [1.29, 1.82) is 0 Å². The lowest BCUT2D eigenvalue weighted by molar-refractivity contribution is -0.142. The summed E-state index contributed by atoms with van der Waals surface area (Å²) in [5.41, 5.74) is 0. The van der Waals surface area contributed by atoms with Gasteiger partial charge in [-0.05, 0) is 38.5 Å². The van der Waals surface area contributed by atoms with E-state index in [1.54, 1.807) is 0 Å². The minimum atomic E-state index is -1.38. The quantitative estimate of drug-likeness (QED) is 0.0321. The van der Waals surface area contributed by atoms with Crippen molar-refractivity contribution in [3.05, 3.63) is 0 Å². The van der Waals surface area contributed by atoms with Gasteiger partial charge in [-0.1, -0.05) is 90.4 Å². The van der Waals surface area contributed by atoms with Gasteiger partial charge in [0, 0.05) is 51.7 Å². The number of aldehydes is 2. The van der Waals surface area contributed by atoms with E-state index in [-0.39, 0.29) is 135 Å². The molecule has 71 heavy (non-hydrogen) atoms. The minimum absolute atomic E-state index is 0.0126. The van der Waals surface area contributed by atoms with Gasteiger partial charge in [0.15, 0.2) is 0 Å². The van der Waals surface area contributed by atoms with Gasteiger partial charge in [-0.2, -0.15) is 0 Å². The Morgan fingerprint density at radius 3 is 1.23 bits per heavy atom. The van der Waals surface area contributed by atoms with Crippen LogP contribution < -0.4 is 31.9 Å². The van der Waals surface area contributed by atoms with E-state index in [1.807, 2.05) is 6.92 Å². The number of nitrogens with one attached hydrogen (secondary N) is 6. The molecule has 0 spiro atoms. The fourth-order valence-electron chi connectivity index (χ4n) is 6.85. The zero-order valence-corrected chi connectivity index (χ0v) is 42.2. The summed E-state index contributed by atoms with van der Waals surface area (Å²) < 4.78 is 21.2. The van der Waals surface area contributed by atoms with Crippen LogP contribution in [0.25, 0.3) is 0 Å². The predicted molar refractivity (Wildman–Crippen MR) is 262 cm³/mol. The van der Waals surface area contributed by atoms with Gasteiger partial charge in [0.25, 0.3) is 0 Å². The second kappa shape index (κ2) is 47.3. The van der Waals surface area contributed by atoms with E-state index in [9.17, 15) is 53.1 Å². The van der Waals surface area contributed by atoms with Crippen molar-refractivity contribution >= 4 is 60.0 Å². The van der Waals surface area contributed by atoms with Crippen molar-refractivity contribution in [3.63, 3.8) is 0 Å². The minimum Gasteiger partial charge on any atom is -0.481 e. The van der Waals surface area contributed by atoms with E-state index in [0.29, 0.717) is 25.5 Å². The van der Waals surface area contributed by atoms with Crippen LogP contribution in [0.1, 0.15) is 161 Å². The Hall–Kier alpha value is -5.06. The largest absolute Gasteiger partial charge is 0.481 e. The molecule has 22 heteroatoms. The van der Waals surface area contributed by atoms with E-state index in [1.165, 1.54) is 32.1 Å². The Labute approximate surface area is 419 Å². The summed E-state index contributed by atoms with van der Waals surface area (Å²) in [7, 11) is 0. The molecule has 0 unspecified atom stereocenters. The summed E-state index contributed by atoms with van der Waals surface area (Å²) >= 11 is 0. The normalized spacial score (nSPS) is 12.2. The van der Waals surface area contributed by atoms with Crippen LogP contribution >= 0.6 is 0 Å². The van der Waals surface area contributed by atoms with E-state index in [2.05, 4.69) is 31.9 Å². The van der Waals surface area contributed by atoms with E-state index < -0.39 is 47.8 Å². The van der Waals surface area contributed by atoms with Crippen LogP contribution in [-0.4, -0.2) is 161 Å². The molecule has 8 N–H and O–H groups in total. The molecule has 22 nitrogen and oxygen atoms in total. The molecular formula is C49H86N6O16. The predicted octanol–water partition coefficient (Wildman–Crippen LogP) is 2.81. The maximum Gasteiger partial charge on any atom is 0.326 e. The second-order valence-electron chi connectivity index (χ2n) is 17.3. The fourth-order valence-corrected chi connectivity index (χ4v) is 6.85. The van der Waals surface area contributed by atoms with Crippen LogP contribution in [0.2, 0.25) is 0 Å². The van der Waals surface area contributed by atoms with E-state index >= 15 is 0 Å². The van der Waals surface area contributed by atoms with Gasteiger partial charge in [0.05, 0.1) is 51.7 Å². The van der Waals surface area contributed by atoms with Crippen molar-refractivity contribution in [2.75, 3.05) is 72.5 Å². The third kappa shape index (κ3) is 44.6. The number of unbranched alkanes of at least 4 members (excludes halogenated alkanes) is 14. The molecule has 0 aliphatic rings. The molecule has 0 bridgehead atoms. The molecule has 0 aliphatic heterocycles. The first kappa shape index (κ1) is 65.9. The fraction of sp³-hybridized carbons (Fsp3) is 0.796. The lowest BCUT2D eigenvalue weighted by atomic mass is 10.0. The SMILES string of the molecule is CCCCNC(=O)COCCOCCNC(=O)COCCOCCNC(=O)CC[C@H](NC(=O)CC[C@@H](C=O)NC(=O)CC[C@@H](C=O)NC(=O)CCCCCCCCCCCCCCCCC(=O)O)C(=O)O. The van der Waals surface area contributed by atoms with Crippen LogP contribution in [0.4, 0.5) is 0 Å².